The van der Waals surface area contributed by atoms with Crippen LogP contribution < -0.4 is 5.32 Å². The molecule has 0 aromatic heterocycles. The minimum Gasteiger partial charge on any atom is -0.475 e. The number of anilines is 1. The second-order valence-electron chi connectivity index (χ2n) is 6.83. The van der Waals surface area contributed by atoms with Gasteiger partial charge in [0.1, 0.15) is 0 Å². The molecule has 0 atom stereocenters. The lowest BCUT2D eigenvalue weighted by Gasteiger charge is -2.33. The zero-order valence-corrected chi connectivity index (χ0v) is 18.0. The number of hydrogen-bond acceptors (Lipinski definition) is 4. The van der Waals surface area contributed by atoms with Crippen LogP contribution in [0.5, 0.6) is 0 Å². The predicted molar refractivity (Wildman–Crippen MR) is 115 cm³/mol. The van der Waals surface area contributed by atoms with Gasteiger partial charge >= 0.3 is 12.1 Å². The summed E-state index contributed by atoms with van der Waals surface area (Å²) in [5.74, 6) is -2.76. The Morgan fingerprint density at radius 1 is 1.17 bits per heavy atom. The first-order valence-electron chi connectivity index (χ1n) is 9.35. The zero-order valence-electron chi connectivity index (χ0n) is 16.5. The molecule has 1 fully saturated rings. The molecule has 0 amide bonds. The summed E-state index contributed by atoms with van der Waals surface area (Å²) in [6, 6.07) is 17.4. The van der Waals surface area contributed by atoms with Crippen molar-refractivity contribution in [3.8, 4) is 0 Å². The van der Waals surface area contributed by atoms with Crippen LogP contribution >= 0.6 is 23.4 Å². The van der Waals surface area contributed by atoms with E-state index in [4.69, 9.17) is 21.5 Å². The Labute approximate surface area is 183 Å². The molecule has 2 aromatic carbocycles. The third-order valence-electron chi connectivity index (χ3n) is 4.63. The van der Waals surface area contributed by atoms with Gasteiger partial charge in [-0.25, -0.2) is 4.79 Å². The number of thioether (sulfide) groups is 1. The highest BCUT2D eigenvalue weighted by molar-refractivity contribution is 7.98. The van der Waals surface area contributed by atoms with Gasteiger partial charge in [-0.3, -0.25) is 4.90 Å². The van der Waals surface area contributed by atoms with Crippen molar-refractivity contribution in [3.63, 3.8) is 0 Å². The first kappa shape index (κ1) is 24.4. The van der Waals surface area contributed by atoms with E-state index in [9.17, 15) is 13.2 Å². The van der Waals surface area contributed by atoms with Gasteiger partial charge in [0.05, 0.1) is 10.7 Å². The van der Waals surface area contributed by atoms with Gasteiger partial charge in [0.2, 0.25) is 0 Å². The van der Waals surface area contributed by atoms with E-state index < -0.39 is 12.1 Å². The minimum atomic E-state index is -5.08. The Hall–Kier alpha value is -1.90. The lowest BCUT2D eigenvalue weighted by atomic mass is 10.0. The molecule has 1 aliphatic rings. The summed E-state index contributed by atoms with van der Waals surface area (Å²) in [7, 11) is 0. The van der Waals surface area contributed by atoms with Crippen LogP contribution in [-0.4, -0.2) is 47.5 Å². The van der Waals surface area contributed by atoms with Crippen molar-refractivity contribution in [2.24, 2.45) is 0 Å². The first-order valence-corrected chi connectivity index (χ1v) is 11.0. The van der Waals surface area contributed by atoms with Crippen molar-refractivity contribution in [3.05, 3.63) is 59.1 Å². The first-order chi connectivity index (χ1) is 14.2. The van der Waals surface area contributed by atoms with Gasteiger partial charge in [0, 0.05) is 30.6 Å². The van der Waals surface area contributed by atoms with E-state index in [1.807, 2.05) is 18.2 Å². The molecule has 1 aliphatic heterocycles. The second-order valence-corrected chi connectivity index (χ2v) is 8.11. The summed E-state index contributed by atoms with van der Waals surface area (Å²) in [6.07, 6.45) is -0.645. The fourth-order valence-electron chi connectivity index (χ4n) is 3.02. The van der Waals surface area contributed by atoms with Crippen molar-refractivity contribution in [1.82, 2.24) is 4.90 Å². The number of carboxylic acid groups (broad SMARTS) is 1. The summed E-state index contributed by atoms with van der Waals surface area (Å²) in [5, 5.41) is 11.5. The van der Waals surface area contributed by atoms with Gasteiger partial charge in [0.25, 0.3) is 0 Å². The Kier molecular flexibility index (Phi) is 9.33. The average Bonchev–Trinajstić information content (AvgIpc) is 2.71. The standard InChI is InChI=1S/C19H23ClN2S.C2HF3O2/c1-23-17-8-6-15(7-9-17)14-22-12-10-16(11-13-22)21-19-5-3-2-4-18(19)20;3-2(4,5)1(6)7/h2-9,16,21H,10-14H2,1H3;(H,6,7). The third kappa shape index (κ3) is 8.08. The highest BCUT2D eigenvalue weighted by Crippen LogP contribution is 2.24. The van der Waals surface area contributed by atoms with Crippen LogP contribution in [0, 0.1) is 0 Å². The van der Waals surface area contributed by atoms with E-state index in [2.05, 4.69) is 46.8 Å². The summed E-state index contributed by atoms with van der Waals surface area (Å²) < 4.78 is 31.7. The van der Waals surface area contributed by atoms with Crippen LogP contribution in [0.2, 0.25) is 5.02 Å². The SMILES string of the molecule is CSc1ccc(CN2CCC(Nc3ccccc3Cl)CC2)cc1.O=C(O)C(F)(F)F. The Bertz CT molecular complexity index is 811. The van der Waals surface area contributed by atoms with Crippen LogP contribution in [0.1, 0.15) is 18.4 Å². The molecule has 2 aromatic rings. The Balaban J connectivity index is 0.000000396. The molecule has 2 N–H and O–H groups in total. The van der Waals surface area contributed by atoms with E-state index in [-0.39, 0.29) is 0 Å². The number of piperidine rings is 1. The number of alkyl halides is 3. The van der Waals surface area contributed by atoms with Crippen LogP contribution in [0.3, 0.4) is 0 Å². The van der Waals surface area contributed by atoms with Gasteiger partial charge in [-0.2, -0.15) is 13.2 Å². The number of benzene rings is 2. The lowest BCUT2D eigenvalue weighted by Crippen LogP contribution is -2.38. The third-order valence-corrected chi connectivity index (χ3v) is 5.70. The second kappa shape index (κ2) is 11.5. The van der Waals surface area contributed by atoms with E-state index in [1.165, 1.54) is 10.5 Å². The maximum atomic E-state index is 10.6. The number of para-hydroxylation sites is 1. The van der Waals surface area contributed by atoms with E-state index >= 15 is 0 Å². The van der Waals surface area contributed by atoms with Crippen LogP contribution in [-0.2, 0) is 11.3 Å². The number of likely N-dealkylation sites (tertiary alicyclic amines) is 1. The number of carboxylic acids is 1. The predicted octanol–water partition coefficient (Wildman–Crippen LogP) is 5.77. The summed E-state index contributed by atoms with van der Waals surface area (Å²) in [5.41, 5.74) is 2.46. The van der Waals surface area contributed by atoms with Crippen molar-refractivity contribution in [2.45, 2.75) is 36.5 Å². The van der Waals surface area contributed by atoms with E-state index in [0.717, 1.165) is 43.2 Å². The molecule has 164 valence electrons. The van der Waals surface area contributed by atoms with Gasteiger partial charge in [-0.05, 0) is 48.9 Å². The molecule has 1 heterocycles. The topological polar surface area (TPSA) is 52.6 Å². The molecule has 30 heavy (non-hydrogen) atoms. The van der Waals surface area contributed by atoms with Gasteiger partial charge in [-0.15, -0.1) is 11.8 Å². The number of aliphatic carboxylic acids is 1. The highest BCUT2D eigenvalue weighted by atomic mass is 35.5. The minimum absolute atomic E-state index is 0.519. The number of rotatable bonds is 5. The largest absolute Gasteiger partial charge is 0.490 e. The van der Waals surface area contributed by atoms with Crippen LogP contribution in [0.15, 0.2) is 53.4 Å². The Morgan fingerprint density at radius 2 is 1.73 bits per heavy atom. The molecule has 0 spiro atoms. The molecule has 0 bridgehead atoms. The fourth-order valence-corrected chi connectivity index (χ4v) is 3.62. The quantitative estimate of drug-likeness (QED) is 0.554. The van der Waals surface area contributed by atoms with Gasteiger partial charge in [0.15, 0.2) is 0 Å². The van der Waals surface area contributed by atoms with E-state index in [1.54, 1.807) is 11.8 Å². The average molecular weight is 461 g/mol. The molecular formula is C21H24ClF3N2O2S. The maximum absolute atomic E-state index is 10.6. The fraction of sp³-hybridized carbons (Fsp3) is 0.381. The molecule has 0 unspecified atom stereocenters. The number of nitrogens with one attached hydrogen (secondary N) is 1. The highest BCUT2D eigenvalue weighted by Gasteiger charge is 2.38. The number of halogens is 4. The molecular weight excluding hydrogens is 437 g/mol. The molecule has 9 heteroatoms. The molecule has 3 rings (SSSR count). The number of nitrogens with zero attached hydrogens (tertiary/aromatic N) is 1. The number of carbonyl (C=O) groups is 1. The molecule has 0 aliphatic carbocycles. The van der Waals surface area contributed by atoms with Crippen LogP contribution in [0.4, 0.5) is 18.9 Å². The van der Waals surface area contributed by atoms with Crippen molar-refractivity contribution < 1.29 is 23.1 Å². The number of hydrogen-bond donors (Lipinski definition) is 2. The Morgan fingerprint density at radius 3 is 2.23 bits per heavy atom. The monoisotopic (exact) mass is 460 g/mol. The molecule has 1 saturated heterocycles. The summed E-state index contributed by atoms with van der Waals surface area (Å²) in [4.78, 5) is 12.8. The van der Waals surface area contributed by atoms with Crippen molar-refractivity contribution in [1.29, 1.82) is 0 Å². The lowest BCUT2D eigenvalue weighted by molar-refractivity contribution is -0.192. The van der Waals surface area contributed by atoms with Crippen LogP contribution in [0.25, 0.3) is 0 Å². The maximum Gasteiger partial charge on any atom is 0.490 e. The van der Waals surface area contributed by atoms with Crippen molar-refractivity contribution in [2.75, 3.05) is 24.7 Å². The smallest absolute Gasteiger partial charge is 0.475 e. The van der Waals surface area contributed by atoms with Crippen molar-refractivity contribution >= 4 is 35.0 Å². The van der Waals surface area contributed by atoms with E-state index in [0.29, 0.717) is 6.04 Å². The van der Waals surface area contributed by atoms with Gasteiger partial charge < -0.3 is 10.4 Å². The molecule has 4 nitrogen and oxygen atoms in total. The summed E-state index contributed by atoms with van der Waals surface area (Å²) >= 11 is 8.02. The molecule has 0 saturated carbocycles. The van der Waals surface area contributed by atoms with Gasteiger partial charge in [-0.1, -0.05) is 35.9 Å². The molecule has 0 radical (unpaired) electrons. The summed E-state index contributed by atoms with van der Waals surface area (Å²) in [6.45, 7) is 3.31. The normalized spacial score (nSPS) is 15.2. The zero-order chi connectivity index (χ0) is 22.1.